The third-order valence-electron chi connectivity index (χ3n) is 8.83. The minimum atomic E-state index is 0.638. The van der Waals surface area contributed by atoms with Gasteiger partial charge in [0.2, 0.25) is 0 Å². The summed E-state index contributed by atoms with van der Waals surface area (Å²) in [7, 11) is 0. The van der Waals surface area contributed by atoms with Gasteiger partial charge < -0.3 is 13.4 Å². The molecule has 0 aliphatic heterocycles. The fraction of sp³-hybridized carbons (Fsp3) is 0. The van der Waals surface area contributed by atoms with E-state index in [4.69, 9.17) is 18.8 Å². The third-order valence-corrected chi connectivity index (χ3v) is 8.83. The molecule has 4 heterocycles. The van der Waals surface area contributed by atoms with Crippen molar-refractivity contribution in [1.82, 2.24) is 14.5 Å². The van der Waals surface area contributed by atoms with Crippen LogP contribution in [0.2, 0.25) is 0 Å². The molecule has 10 aromatic rings. The van der Waals surface area contributed by atoms with Crippen LogP contribution in [-0.2, 0) is 0 Å². The topological polar surface area (TPSA) is 57.0 Å². The summed E-state index contributed by atoms with van der Waals surface area (Å²) in [5, 5.41) is 5.50. The smallest absolute Gasteiger partial charge is 0.180 e. The minimum absolute atomic E-state index is 0.638. The zero-order chi connectivity index (χ0) is 29.5. The molecule has 6 aromatic carbocycles. The first kappa shape index (κ1) is 24.3. The van der Waals surface area contributed by atoms with Crippen LogP contribution in [-0.4, -0.2) is 14.5 Å². The number of benzene rings is 6. The zero-order valence-electron chi connectivity index (χ0n) is 23.9. The van der Waals surface area contributed by atoms with Gasteiger partial charge in [0.05, 0.1) is 22.1 Å². The number of para-hydroxylation sites is 4. The van der Waals surface area contributed by atoms with Gasteiger partial charge in [-0.1, -0.05) is 91.0 Å². The van der Waals surface area contributed by atoms with Crippen LogP contribution in [0.5, 0.6) is 0 Å². The molecule has 0 unspecified atom stereocenters. The predicted molar refractivity (Wildman–Crippen MR) is 182 cm³/mol. The highest BCUT2D eigenvalue weighted by Crippen LogP contribution is 2.43. The van der Waals surface area contributed by atoms with E-state index in [1.807, 2.05) is 48.5 Å². The maximum Gasteiger partial charge on any atom is 0.180 e. The largest absolute Gasteiger partial charge is 0.456 e. The molecule has 210 valence electrons. The van der Waals surface area contributed by atoms with Gasteiger partial charge in [0.1, 0.15) is 28.0 Å². The van der Waals surface area contributed by atoms with E-state index >= 15 is 0 Å². The van der Waals surface area contributed by atoms with Gasteiger partial charge in [-0.15, -0.1) is 0 Å². The second-order valence-electron chi connectivity index (χ2n) is 11.3. The van der Waals surface area contributed by atoms with E-state index < -0.39 is 0 Å². The highest BCUT2D eigenvalue weighted by Gasteiger charge is 2.23. The Morgan fingerprint density at radius 3 is 2.04 bits per heavy atom. The first-order valence-electron chi connectivity index (χ1n) is 15.0. The summed E-state index contributed by atoms with van der Waals surface area (Å²) < 4.78 is 15.1. The molecular weight excluding hydrogens is 554 g/mol. The lowest BCUT2D eigenvalue weighted by atomic mass is 10.1. The Morgan fingerprint density at radius 1 is 0.489 bits per heavy atom. The van der Waals surface area contributed by atoms with Gasteiger partial charge in [-0.25, -0.2) is 9.97 Å². The molecule has 10 rings (SSSR count). The van der Waals surface area contributed by atoms with Crippen LogP contribution in [0.15, 0.2) is 148 Å². The van der Waals surface area contributed by atoms with Gasteiger partial charge in [-0.2, -0.15) is 0 Å². The average Bonchev–Trinajstić information content (AvgIpc) is 3.77. The molecule has 0 saturated heterocycles. The Bertz CT molecular complexity index is 2770. The van der Waals surface area contributed by atoms with Crippen molar-refractivity contribution in [3.63, 3.8) is 0 Å². The molecule has 0 fully saturated rings. The van der Waals surface area contributed by atoms with Crippen molar-refractivity contribution in [2.45, 2.75) is 0 Å². The van der Waals surface area contributed by atoms with Crippen molar-refractivity contribution in [2.75, 3.05) is 0 Å². The Balaban J connectivity index is 1.35. The van der Waals surface area contributed by atoms with Gasteiger partial charge in [-0.3, -0.25) is 0 Å². The third kappa shape index (κ3) is 3.43. The molecule has 5 nitrogen and oxygen atoms in total. The number of rotatable bonds is 3. The first-order chi connectivity index (χ1) is 22.3. The van der Waals surface area contributed by atoms with Crippen molar-refractivity contribution < 1.29 is 8.83 Å². The Kier molecular flexibility index (Phi) is 4.93. The molecule has 0 aliphatic carbocycles. The summed E-state index contributed by atoms with van der Waals surface area (Å²) in [6, 6.07) is 47.8. The maximum absolute atomic E-state index is 6.39. The number of hydrogen-bond donors (Lipinski definition) is 0. The van der Waals surface area contributed by atoms with E-state index in [9.17, 15) is 0 Å². The number of fused-ring (bicyclic) bond motifs is 10. The van der Waals surface area contributed by atoms with Crippen LogP contribution in [0.4, 0.5) is 0 Å². The second-order valence-corrected chi connectivity index (χ2v) is 11.3. The zero-order valence-corrected chi connectivity index (χ0v) is 23.9. The van der Waals surface area contributed by atoms with Crippen LogP contribution in [0.3, 0.4) is 0 Å². The molecule has 0 radical (unpaired) electrons. The standard InChI is InChI=1S/C40H23N3O2/c1-2-12-24(13-3-1)36-39-37(29-17-7-11-21-33(29)45-39)42-40(41-36)27-15-5-9-19-31(27)43-30-18-8-4-14-25(30)26-22-23-34-35(38(26)43)28-16-6-10-20-32(28)44-34/h1-23H. The van der Waals surface area contributed by atoms with E-state index in [1.54, 1.807) is 0 Å². The Labute approximate surface area is 256 Å². The fourth-order valence-electron chi connectivity index (χ4n) is 6.88. The lowest BCUT2D eigenvalue weighted by Crippen LogP contribution is -2.01. The summed E-state index contributed by atoms with van der Waals surface area (Å²) in [6.45, 7) is 0. The fourth-order valence-corrected chi connectivity index (χ4v) is 6.88. The summed E-state index contributed by atoms with van der Waals surface area (Å²) >= 11 is 0. The van der Waals surface area contributed by atoms with Crippen molar-refractivity contribution in [3.8, 4) is 28.3 Å². The number of aromatic nitrogens is 3. The molecule has 0 saturated carbocycles. The van der Waals surface area contributed by atoms with Gasteiger partial charge >= 0.3 is 0 Å². The maximum atomic E-state index is 6.39. The van der Waals surface area contributed by atoms with Gasteiger partial charge in [-0.05, 0) is 48.5 Å². The lowest BCUT2D eigenvalue weighted by molar-refractivity contribution is 0.667. The Hall–Kier alpha value is -6.20. The first-order valence-corrected chi connectivity index (χ1v) is 15.0. The van der Waals surface area contributed by atoms with Crippen LogP contribution in [0.1, 0.15) is 0 Å². The lowest BCUT2D eigenvalue weighted by Gasteiger charge is -2.14. The SMILES string of the molecule is c1ccc(-c2nc(-c3ccccc3-n3c4ccccc4c4ccc5oc6ccccc6c5c43)nc3c2oc2ccccc23)cc1. The number of hydrogen-bond acceptors (Lipinski definition) is 4. The molecule has 0 N–H and O–H groups in total. The molecule has 0 amide bonds. The summed E-state index contributed by atoms with van der Waals surface area (Å²) in [5.41, 5.74) is 9.89. The van der Waals surface area contributed by atoms with Crippen molar-refractivity contribution >= 4 is 65.8 Å². The van der Waals surface area contributed by atoms with Gasteiger partial charge in [0.25, 0.3) is 0 Å². The quantitative estimate of drug-likeness (QED) is 0.210. The summed E-state index contributed by atoms with van der Waals surface area (Å²) in [4.78, 5) is 10.4. The van der Waals surface area contributed by atoms with E-state index in [0.29, 0.717) is 11.4 Å². The highest BCUT2D eigenvalue weighted by molar-refractivity contribution is 6.24. The minimum Gasteiger partial charge on any atom is -0.456 e. The van der Waals surface area contributed by atoms with E-state index in [2.05, 4.69) is 95.6 Å². The average molecular weight is 578 g/mol. The van der Waals surface area contributed by atoms with Crippen LogP contribution in [0, 0.1) is 0 Å². The summed E-state index contributed by atoms with van der Waals surface area (Å²) in [6.07, 6.45) is 0. The molecule has 0 aliphatic rings. The normalized spacial score (nSPS) is 12.0. The molecule has 5 heteroatoms. The molecule has 0 bridgehead atoms. The van der Waals surface area contributed by atoms with Crippen molar-refractivity contribution in [1.29, 1.82) is 0 Å². The van der Waals surface area contributed by atoms with Crippen molar-refractivity contribution in [3.05, 3.63) is 140 Å². The van der Waals surface area contributed by atoms with Crippen LogP contribution >= 0.6 is 0 Å². The highest BCUT2D eigenvalue weighted by atomic mass is 16.3. The second kappa shape index (κ2) is 9.15. The van der Waals surface area contributed by atoms with Crippen LogP contribution in [0.25, 0.3) is 94.1 Å². The van der Waals surface area contributed by atoms with Gasteiger partial charge in [0.15, 0.2) is 11.4 Å². The van der Waals surface area contributed by atoms with E-state index in [1.165, 1.54) is 10.8 Å². The summed E-state index contributed by atoms with van der Waals surface area (Å²) in [5.74, 6) is 0.638. The Morgan fingerprint density at radius 2 is 1.18 bits per heavy atom. The molecule has 45 heavy (non-hydrogen) atoms. The monoisotopic (exact) mass is 577 g/mol. The molecular formula is C40H23N3O2. The van der Waals surface area contributed by atoms with E-state index in [-0.39, 0.29) is 0 Å². The molecule has 4 aromatic heterocycles. The number of furan rings is 2. The van der Waals surface area contributed by atoms with Crippen molar-refractivity contribution in [2.24, 2.45) is 0 Å². The number of nitrogens with zero attached hydrogens (tertiary/aromatic N) is 3. The molecule has 0 atom stereocenters. The predicted octanol–water partition coefficient (Wildman–Crippen LogP) is 10.7. The van der Waals surface area contributed by atoms with Gasteiger partial charge in [0, 0.05) is 32.7 Å². The van der Waals surface area contributed by atoms with Crippen LogP contribution < -0.4 is 0 Å². The molecule has 0 spiro atoms. The van der Waals surface area contributed by atoms with E-state index in [0.717, 1.165) is 72.0 Å².